The number of carbonyl (C=O) groups is 3. The second-order valence-corrected chi connectivity index (χ2v) is 11.5. The van der Waals surface area contributed by atoms with E-state index in [9.17, 15) is 14.4 Å². The highest BCUT2D eigenvalue weighted by Crippen LogP contribution is 2.42. The first-order valence-electron chi connectivity index (χ1n) is 14.0. The highest BCUT2D eigenvalue weighted by Gasteiger charge is 2.45. The van der Waals surface area contributed by atoms with Crippen LogP contribution in [0, 0.1) is 0 Å². The third-order valence-corrected chi connectivity index (χ3v) is 9.07. The average Bonchev–Trinajstić information content (AvgIpc) is 3.46. The van der Waals surface area contributed by atoms with Crippen molar-refractivity contribution in [1.82, 2.24) is 20.0 Å². The fraction of sp³-hybridized carbons (Fsp3) is 0.467. The standard InChI is InChI=1S/C30H33N5O4/c1-39-30(11-12-30)18-33-13-9-21(10-14-33)34-17-19(16-31-34)15-20-5-6-24-27-22(20)3-2-4-23(27)29(38)35(24)25-7-8-26(36)32-28(25)37/h2-6,16-17,21,25H,7-15,18H2,1H3,(H,32,36,37). The number of amides is 3. The molecule has 9 nitrogen and oxygen atoms in total. The van der Waals surface area contributed by atoms with E-state index in [1.807, 2.05) is 37.6 Å². The predicted octanol–water partition coefficient (Wildman–Crippen LogP) is 3.21. The molecule has 1 aromatic heterocycles. The minimum atomic E-state index is -0.675. The number of piperidine rings is 2. The first-order valence-corrected chi connectivity index (χ1v) is 14.0. The van der Waals surface area contributed by atoms with Gasteiger partial charge in [0.15, 0.2) is 0 Å². The number of hydrogen-bond donors (Lipinski definition) is 1. The Bertz CT molecular complexity index is 1480. The van der Waals surface area contributed by atoms with E-state index in [2.05, 4.69) is 27.2 Å². The van der Waals surface area contributed by atoms with Crippen LogP contribution in [-0.4, -0.2) is 70.8 Å². The van der Waals surface area contributed by atoms with Gasteiger partial charge in [0.05, 0.1) is 23.5 Å². The molecule has 3 fully saturated rings. The lowest BCUT2D eigenvalue weighted by Crippen LogP contribution is -2.53. The van der Waals surface area contributed by atoms with Crippen LogP contribution in [0.15, 0.2) is 42.7 Å². The Balaban J connectivity index is 1.09. The summed E-state index contributed by atoms with van der Waals surface area (Å²) in [4.78, 5) is 41.8. The monoisotopic (exact) mass is 527 g/mol. The zero-order chi connectivity index (χ0) is 26.7. The molecule has 7 rings (SSSR count). The van der Waals surface area contributed by atoms with Crippen LogP contribution in [0.5, 0.6) is 0 Å². The van der Waals surface area contributed by atoms with Crippen molar-refractivity contribution < 1.29 is 19.1 Å². The summed E-state index contributed by atoms with van der Waals surface area (Å²) in [6, 6.07) is 9.51. The molecule has 3 aliphatic heterocycles. The van der Waals surface area contributed by atoms with E-state index in [-0.39, 0.29) is 23.8 Å². The number of nitrogens with one attached hydrogen (secondary N) is 1. The largest absolute Gasteiger partial charge is 0.377 e. The fourth-order valence-corrected chi connectivity index (χ4v) is 6.66. The molecule has 3 aromatic rings. The van der Waals surface area contributed by atoms with Crippen molar-refractivity contribution in [1.29, 1.82) is 0 Å². The first-order chi connectivity index (χ1) is 18.9. The van der Waals surface area contributed by atoms with E-state index in [0.717, 1.165) is 60.1 Å². The number of imide groups is 1. The summed E-state index contributed by atoms with van der Waals surface area (Å²) in [5, 5.41) is 9.02. The van der Waals surface area contributed by atoms with Gasteiger partial charge in [-0.25, -0.2) is 0 Å². The molecular formula is C30H33N5O4. The third kappa shape index (κ3) is 4.24. The van der Waals surface area contributed by atoms with E-state index in [0.29, 0.717) is 24.4 Å². The van der Waals surface area contributed by atoms with Gasteiger partial charge < -0.3 is 9.64 Å². The fourth-order valence-electron chi connectivity index (χ4n) is 6.66. The molecule has 4 heterocycles. The molecule has 2 aromatic carbocycles. The first kappa shape index (κ1) is 24.5. The van der Waals surface area contributed by atoms with Crippen molar-refractivity contribution in [3.63, 3.8) is 0 Å². The summed E-state index contributed by atoms with van der Waals surface area (Å²) in [5.74, 6) is -0.877. The molecule has 202 valence electrons. The van der Waals surface area contributed by atoms with Gasteiger partial charge in [0.2, 0.25) is 11.8 Å². The maximum Gasteiger partial charge on any atom is 0.259 e. The van der Waals surface area contributed by atoms with Crippen molar-refractivity contribution in [2.45, 2.75) is 62.6 Å². The van der Waals surface area contributed by atoms with Crippen LogP contribution in [0.25, 0.3) is 10.8 Å². The third-order valence-electron chi connectivity index (χ3n) is 9.07. The van der Waals surface area contributed by atoms with E-state index < -0.39 is 11.9 Å². The van der Waals surface area contributed by atoms with E-state index >= 15 is 0 Å². The molecule has 39 heavy (non-hydrogen) atoms. The second kappa shape index (κ2) is 9.27. The topological polar surface area (TPSA) is 96.8 Å². The normalized spacial score (nSPS) is 23.1. The Labute approximate surface area is 227 Å². The maximum atomic E-state index is 13.4. The quantitative estimate of drug-likeness (QED) is 0.474. The number of aromatic nitrogens is 2. The highest BCUT2D eigenvalue weighted by molar-refractivity contribution is 6.27. The van der Waals surface area contributed by atoms with Crippen molar-refractivity contribution in [2.24, 2.45) is 0 Å². The van der Waals surface area contributed by atoms with Crippen LogP contribution in [0.2, 0.25) is 0 Å². The van der Waals surface area contributed by atoms with Crippen molar-refractivity contribution >= 4 is 34.2 Å². The molecule has 1 unspecified atom stereocenters. The zero-order valence-corrected chi connectivity index (χ0v) is 22.2. The molecule has 4 aliphatic rings. The minimum absolute atomic E-state index is 0.106. The van der Waals surface area contributed by atoms with Crippen LogP contribution in [0.1, 0.15) is 66.1 Å². The Kier molecular flexibility index (Phi) is 5.82. The Morgan fingerprint density at radius 3 is 2.64 bits per heavy atom. The maximum absolute atomic E-state index is 13.4. The minimum Gasteiger partial charge on any atom is -0.377 e. The number of rotatable bonds is 7. The lowest BCUT2D eigenvalue weighted by molar-refractivity contribution is -0.134. The summed E-state index contributed by atoms with van der Waals surface area (Å²) in [7, 11) is 1.83. The molecule has 2 saturated heterocycles. The molecule has 1 N–H and O–H groups in total. The van der Waals surface area contributed by atoms with Crippen LogP contribution < -0.4 is 10.2 Å². The molecule has 1 saturated carbocycles. The summed E-state index contributed by atoms with van der Waals surface area (Å²) in [5.41, 5.74) is 3.72. The van der Waals surface area contributed by atoms with Gasteiger partial charge in [0.1, 0.15) is 6.04 Å². The van der Waals surface area contributed by atoms with Crippen molar-refractivity contribution in [3.05, 3.63) is 59.4 Å². The van der Waals surface area contributed by atoms with Crippen molar-refractivity contribution in [2.75, 3.05) is 31.6 Å². The van der Waals surface area contributed by atoms with Crippen LogP contribution >= 0.6 is 0 Å². The number of benzene rings is 2. The van der Waals surface area contributed by atoms with E-state index in [1.54, 1.807) is 4.90 Å². The highest BCUT2D eigenvalue weighted by atomic mass is 16.5. The summed E-state index contributed by atoms with van der Waals surface area (Å²) < 4.78 is 7.84. The molecule has 1 atom stereocenters. The van der Waals surface area contributed by atoms with Gasteiger partial charge in [-0.1, -0.05) is 18.2 Å². The number of anilines is 1. The Hall–Kier alpha value is -3.56. The molecule has 3 amide bonds. The lowest BCUT2D eigenvalue weighted by atomic mass is 9.97. The number of ether oxygens (including phenoxy) is 1. The van der Waals surface area contributed by atoms with Crippen LogP contribution in [0.3, 0.4) is 0 Å². The number of hydrogen-bond acceptors (Lipinski definition) is 6. The molecule has 9 heteroatoms. The Morgan fingerprint density at radius 1 is 1.08 bits per heavy atom. The van der Waals surface area contributed by atoms with E-state index in [4.69, 9.17) is 9.84 Å². The van der Waals surface area contributed by atoms with Gasteiger partial charge >= 0.3 is 0 Å². The summed E-state index contributed by atoms with van der Waals surface area (Å²) in [6.45, 7) is 3.17. The number of methoxy groups -OCH3 is 1. The molecule has 0 bridgehead atoms. The van der Waals surface area contributed by atoms with Gasteiger partial charge in [0.25, 0.3) is 5.91 Å². The molecule has 1 aliphatic carbocycles. The average molecular weight is 528 g/mol. The van der Waals surface area contributed by atoms with Gasteiger partial charge in [0, 0.05) is 56.7 Å². The SMILES string of the molecule is COC1(CN2CCC(n3cc(Cc4ccc5c6c(cccc46)C(=O)N5C4CCC(=O)NC4=O)cn3)CC2)CC1. The van der Waals surface area contributed by atoms with Crippen molar-refractivity contribution in [3.8, 4) is 0 Å². The van der Waals surface area contributed by atoms with Crippen LogP contribution in [-0.2, 0) is 20.7 Å². The van der Waals surface area contributed by atoms with Gasteiger partial charge in [-0.15, -0.1) is 0 Å². The number of carbonyl (C=O) groups excluding carboxylic acids is 3. The second-order valence-electron chi connectivity index (χ2n) is 11.5. The summed E-state index contributed by atoms with van der Waals surface area (Å²) >= 11 is 0. The van der Waals surface area contributed by atoms with Gasteiger partial charge in [-0.2, -0.15) is 5.10 Å². The van der Waals surface area contributed by atoms with E-state index in [1.165, 1.54) is 12.8 Å². The zero-order valence-electron chi connectivity index (χ0n) is 22.2. The Morgan fingerprint density at radius 2 is 1.90 bits per heavy atom. The number of nitrogens with zero attached hydrogens (tertiary/aromatic N) is 4. The molecule has 0 spiro atoms. The predicted molar refractivity (Wildman–Crippen MR) is 146 cm³/mol. The van der Waals surface area contributed by atoms with Crippen LogP contribution in [0.4, 0.5) is 5.69 Å². The van der Waals surface area contributed by atoms with Gasteiger partial charge in [-0.05, 0) is 60.7 Å². The molecular weight excluding hydrogens is 494 g/mol. The number of likely N-dealkylation sites (tertiary alicyclic amines) is 1. The molecule has 0 radical (unpaired) electrons. The lowest BCUT2D eigenvalue weighted by Gasteiger charge is -2.34. The van der Waals surface area contributed by atoms with Gasteiger partial charge in [-0.3, -0.25) is 29.3 Å². The smallest absolute Gasteiger partial charge is 0.259 e. The summed E-state index contributed by atoms with van der Waals surface area (Å²) in [6.07, 6.45) is 9.91.